The molecule has 1 heterocycles. The van der Waals surface area contributed by atoms with Gasteiger partial charge in [0, 0.05) is 12.6 Å². The Labute approximate surface area is 190 Å². The number of imidazole rings is 1. The Kier molecular flexibility index (Phi) is 6.45. The Hall–Kier alpha value is -4.46. The minimum Gasteiger partial charge on any atom is -0.343 e. The molecule has 0 atom stereocenters. The number of carbonyl (C=O) groups excluding carboxylic acids is 3. The van der Waals surface area contributed by atoms with Gasteiger partial charge in [0.1, 0.15) is 5.82 Å². The van der Waals surface area contributed by atoms with Gasteiger partial charge in [0.2, 0.25) is 5.91 Å². The first-order chi connectivity index (χ1) is 16.0. The third kappa shape index (κ3) is 5.24. The second-order valence-electron chi connectivity index (χ2n) is 7.47. The number of amides is 3. The van der Waals surface area contributed by atoms with Crippen molar-refractivity contribution in [3.63, 3.8) is 0 Å². The van der Waals surface area contributed by atoms with E-state index in [4.69, 9.17) is 0 Å². The van der Waals surface area contributed by atoms with E-state index in [0.717, 1.165) is 22.2 Å². The van der Waals surface area contributed by atoms with E-state index in [9.17, 15) is 14.4 Å². The molecule has 0 aliphatic carbocycles. The molecule has 8 heteroatoms. The minimum atomic E-state index is -0.539. The fourth-order valence-electron chi connectivity index (χ4n) is 3.43. The lowest BCUT2D eigenvalue weighted by molar-refractivity contribution is -0.128. The zero-order valence-corrected chi connectivity index (χ0v) is 18.0. The first kappa shape index (κ1) is 21.8. The zero-order valence-electron chi connectivity index (χ0n) is 18.0. The van der Waals surface area contributed by atoms with Crippen LogP contribution in [0.1, 0.15) is 16.2 Å². The maximum absolute atomic E-state index is 12.3. The minimum absolute atomic E-state index is 0.00554. The average Bonchev–Trinajstić information content (AvgIpc) is 3.17. The fraction of sp³-hybridized carbons (Fsp3) is 0.120. The van der Waals surface area contributed by atoms with E-state index < -0.39 is 11.8 Å². The van der Waals surface area contributed by atoms with Crippen molar-refractivity contribution < 1.29 is 14.4 Å². The number of hydrogen-bond acceptors (Lipinski definition) is 4. The Bertz CT molecular complexity index is 1300. The second-order valence-corrected chi connectivity index (χ2v) is 7.47. The maximum Gasteiger partial charge on any atom is 0.257 e. The highest BCUT2D eigenvalue weighted by Crippen LogP contribution is 2.19. The highest BCUT2D eigenvalue weighted by Gasteiger charge is 2.13. The molecule has 0 aliphatic heterocycles. The first-order valence-electron chi connectivity index (χ1n) is 10.4. The summed E-state index contributed by atoms with van der Waals surface area (Å²) in [4.78, 5) is 40.9. The van der Waals surface area contributed by atoms with Crippen LogP contribution in [0.4, 0.5) is 0 Å². The highest BCUT2D eigenvalue weighted by molar-refractivity contribution is 5.97. The predicted molar refractivity (Wildman–Crippen MR) is 125 cm³/mol. The number of para-hydroxylation sites is 2. The van der Waals surface area contributed by atoms with Crippen LogP contribution in [0.3, 0.4) is 0 Å². The van der Waals surface area contributed by atoms with E-state index >= 15 is 0 Å². The van der Waals surface area contributed by atoms with Crippen molar-refractivity contribution in [3.05, 3.63) is 90.3 Å². The third-order valence-corrected chi connectivity index (χ3v) is 5.20. The van der Waals surface area contributed by atoms with Gasteiger partial charge >= 0.3 is 0 Å². The van der Waals surface area contributed by atoms with Gasteiger partial charge in [-0.1, -0.05) is 54.6 Å². The zero-order chi connectivity index (χ0) is 23.2. The van der Waals surface area contributed by atoms with Crippen molar-refractivity contribution in [3.8, 4) is 11.1 Å². The number of carbonyl (C=O) groups is 3. The summed E-state index contributed by atoms with van der Waals surface area (Å²) in [6.07, 6.45) is 0.00554. The van der Waals surface area contributed by atoms with Crippen LogP contribution < -0.4 is 16.2 Å². The summed E-state index contributed by atoms with van der Waals surface area (Å²) in [6.45, 7) is -0.272. The number of rotatable bonds is 6. The molecule has 3 N–H and O–H groups in total. The molecule has 3 aromatic carbocycles. The van der Waals surface area contributed by atoms with Crippen LogP contribution in [0.25, 0.3) is 22.2 Å². The summed E-state index contributed by atoms with van der Waals surface area (Å²) in [6, 6.07) is 24.5. The summed E-state index contributed by atoms with van der Waals surface area (Å²) in [5.74, 6) is -0.752. The van der Waals surface area contributed by atoms with Crippen molar-refractivity contribution in [2.75, 3.05) is 6.54 Å². The van der Waals surface area contributed by atoms with Gasteiger partial charge in [-0.25, -0.2) is 4.98 Å². The second kappa shape index (κ2) is 9.78. The Morgan fingerprint density at radius 2 is 1.42 bits per heavy atom. The summed E-state index contributed by atoms with van der Waals surface area (Å²) in [5, 5.41) is 2.54. The molecule has 0 radical (unpaired) electrons. The number of hydrogen-bond donors (Lipinski definition) is 3. The molecule has 4 aromatic rings. The summed E-state index contributed by atoms with van der Waals surface area (Å²) in [7, 11) is 1.83. The molecule has 0 saturated carbocycles. The summed E-state index contributed by atoms with van der Waals surface area (Å²) >= 11 is 0. The van der Waals surface area contributed by atoms with Gasteiger partial charge in [-0.2, -0.15) is 0 Å². The van der Waals surface area contributed by atoms with E-state index in [2.05, 4.69) is 21.2 Å². The SMILES string of the molecule is Cn1c(CC(=O)NNC(=O)CNC(=O)c2ccc(-c3ccccc3)cc2)nc2ccccc21. The Morgan fingerprint density at radius 1 is 0.788 bits per heavy atom. The molecule has 0 fully saturated rings. The van der Waals surface area contributed by atoms with Crippen molar-refractivity contribution in [2.24, 2.45) is 7.05 Å². The summed E-state index contributed by atoms with van der Waals surface area (Å²) < 4.78 is 1.83. The largest absolute Gasteiger partial charge is 0.343 e. The van der Waals surface area contributed by atoms with Gasteiger partial charge in [0.15, 0.2) is 0 Å². The number of hydrazine groups is 1. The normalized spacial score (nSPS) is 10.6. The van der Waals surface area contributed by atoms with Crippen LogP contribution in [-0.2, 0) is 23.1 Å². The van der Waals surface area contributed by atoms with Crippen molar-refractivity contribution in [2.45, 2.75) is 6.42 Å². The lowest BCUT2D eigenvalue weighted by Gasteiger charge is -2.09. The van der Waals surface area contributed by atoms with Crippen molar-refractivity contribution in [1.82, 2.24) is 25.7 Å². The standard InChI is InChI=1S/C25H23N5O3/c1-30-21-10-6-5-9-20(21)27-22(30)15-23(31)28-29-24(32)16-26-25(33)19-13-11-18(12-14-19)17-7-3-2-4-8-17/h2-14H,15-16H2,1H3,(H,26,33)(H,28,31)(H,29,32). The van der Waals surface area contributed by atoms with Crippen molar-refractivity contribution in [1.29, 1.82) is 0 Å². The van der Waals surface area contributed by atoms with Crippen LogP contribution in [0, 0.1) is 0 Å². The van der Waals surface area contributed by atoms with Crippen LogP contribution in [-0.4, -0.2) is 33.8 Å². The molecule has 33 heavy (non-hydrogen) atoms. The molecule has 0 unspecified atom stereocenters. The lowest BCUT2D eigenvalue weighted by Crippen LogP contribution is -2.47. The molecule has 166 valence electrons. The number of benzene rings is 3. The fourth-order valence-corrected chi connectivity index (χ4v) is 3.43. The number of aryl methyl sites for hydroxylation is 1. The average molecular weight is 441 g/mol. The molecule has 0 spiro atoms. The molecular formula is C25H23N5O3. The van der Waals surface area contributed by atoms with Crippen LogP contribution in [0.2, 0.25) is 0 Å². The van der Waals surface area contributed by atoms with E-state index in [1.807, 2.05) is 78.3 Å². The van der Waals surface area contributed by atoms with E-state index in [1.165, 1.54) is 0 Å². The predicted octanol–water partition coefficient (Wildman–Crippen LogP) is 2.36. The molecule has 8 nitrogen and oxygen atoms in total. The number of nitrogens with one attached hydrogen (secondary N) is 3. The number of aromatic nitrogens is 2. The Balaban J connectivity index is 1.24. The topological polar surface area (TPSA) is 105 Å². The lowest BCUT2D eigenvalue weighted by atomic mass is 10.0. The highest BCUT2D eigenvalue weighted by atomic mass is 16.2. The third-order valence-electron chi connectivity index (χ3n) is 5.20. The maximum atomic E-state index is 12.3. The quantitative estimate of drug-likeness (QED) is 0.400. The molecule has 0 aliphatic rings. The number of nitrogens with zero attached hydrogens (tertiary/aromatic N) is 2. The van der Waals surface area contributed by atoms with E-state index in [1.54, 1.807) is 12.1 Å². The molecule has 0 saturated heterocycles. The van der Waals surface area contributed by atoms with Gasteiger partial charge in [0.05, 0.1) is 24.0 Å². The smallest absolute Gasteiger partial charge is 0.257 e. The van der Waals surface area contributed by atoms with E-state index in [-0.39, 0.29) is 18.9 Å². The first-order valence-corrected chi connectivity index (χ1v) is 10.4. The summed E-state index contributed by atoms with van der Waals surface area (Å²) in [5.41, 5.74) is 8.86. The Morgan fingerprint density at radius 3 is 2.15 bits per heavy atom. The van der Waals surface area contributed by atoms with Crippen molar-refractivity contribution >= 4 is 28.8 Å². The molecule has 4 rings (SSSR count). The van der Waals surface area contributed by atoms with Gasteiger partial charge in [-0.05, 0) is 35.4 Å². The van der Waals surface area contributed by atoms with Crippen LogP contribution in [0.5, 0.6) is 0 Å². The molecular weight excluding hydrogens is 418 g/mol. The molecule has 1 aromatic heterocycles. The van der Waals surface area contributed by atoms with Gasteiger partial charge in [-0.15, -0.1) is 0 Å². The molecule has 0 bridgehead atoms. The van der Waals surface area contributed by atoms with E-state index in [0.29, 0.717) is 11.4 Å². The van der Waals surface area contributed by atoms with Gasteiger partial charge in [-0.3, -0.25) is 25.2 Å². The number of fused-ring (bicyclic) bond motifs is 1. The molecule has 3 amide bonds. The van der Waals surface area contributed by atoms with Crippen LogP contribution >= 0.6 is 0 Å². The van der Waals surface area contributed by atoms with Gasteiger partial charge < -0.3 is 9.88 Å². The monoisotopic (exact) mass is 441 g/mol. The van der Waals surface area contributed by atoms with Crippen LogP contribution in [0.15, 0.2) is 78.9 Å². The van der Waals surface area contributed by atoms with Gasteiger partial charge in [0.25, 0.3) is 11.8 Å².